The Hall–Kier alpha value is -0.610. The Morgan fingerprint density at radius 2 is 2.23 bits per heavy atom. The smallest absolute Gasteiger partial charge is 0.237 e. The lowest BCUT2D eigenvalue weighted by atomic mass is 10.1. The second kappa shape index (κ2) is 6.86. The van der Waals surface area contributed by atoms with E-state index in [0.717, 1.165) is 12.8 Å². The summed E-state index contributed by atoms with van der Waals surface area (Å²) in [5, 5.41) is 11.3. The molecule has 0 radical (unpaired) electrons. The normalized spacial score (nSPS) is 15.1. The number of hydrogen-bond acceptors (Lipinski definition) is 3. The molecule has 2 atom stereocenters. The lowest BCUT2D eigenvalue weighted by molar-refractivity contribution is -0.123. The number of hydrogen-bond donors (Lipinski definition) is 3. The predicted octanol–water partition coefficient (Wildman–Crippen LogP) is 0.000900. The van der Waals surface area contributed by atoms with Gasteiger partial charge >= 0.3 is 0 Å². The fourth-order valence-electron chi connectivity index (χ4n) is 0.951. The van der Waals surface area contributed by atoms with Gasteiger partial charge in [-0.05, 0) is 13.3 Å². The number of carbonyl (C=O) groups is 1. The van der Waals surface area contributed by atoms with Gasteiger partial charge in [0, 0.05) is 6.04 Å². The van der Waals surface area contributed by atoms with Gasteiger partial charge in [-0.15, -0.1) is 0 Å². The summed E-state index contributed by atoms with van der Waals surface area (Å²) in [6.45, 7) is 3.75. The highest BCUT2D eigenvalue weighted by Crippen LogP contribution is 1.98. The molecule has 0 spiro atoms. The molecule has 0 aromatic carbocycles. The van der Waals surface area contributed by atoms with Crippen LogP contribution in [0, 0.1) is 0 Å². The Kier molecular flexibility index (Phi) is 6.54. The van der Waals surface area contributed by atoms with Crippen molar-refractivity contribution in [2.45, 2.75) is 45.2 Å². The molecular weight excluding hydrogens is 168 g/mol. The van der Waals surface area contributed by atoms with Gasteiger partial charge in [-0.25, -0.2) is 0 Å². The molecule has 0 heterocycles. The highest BCUT2D eigenvalue weighted by Gasteiger charge is 2.14. The van der Waals surface area contributed by atoms with Crippen LogP contribution in [0.1, 0.15) is 33.1 Å². The summed E-state index contributed by atoms with van der Waals surface area (Å²) < 4.78 is 0. The molecule has 0 aromatic rings. The van der Waals surface area contributed by atoms with Gasteiger partial charge in [-0.2, -0.15) is 0 Å². The first-order valence-corrected chi connectivity index (χ1v) is 4.78. The molecule has 4 heteroatoms. The molecule has 0 saturated carbocycles. The maximum atomic E-state index is 11.3. The van der Waals surface area contributed by atoms with E-state index >= 15 is 0 Å². The molecule has 0 aromatic heterocycles. The molecule has 0 aliphatic carbocycles. The van der Waals surface area contributed by atoms with Crippen LogP contribution in [0.3, 0.4) is 0 Å². The van der Waals surface area contributed by atoms with Crippen molar-refractivity contribution in [1.82, 2.24) is 5.32 Å². The fraction of sp³-hybridized carbons (Fsp3) is 0.889. The molecule has 4 nitrogen and oxygen atoms in total. The number of amides is 1. The minimum atomic E-state index is -0.436. The lowest BCUT2D eigenvalue weighted by Gasteiger charge is -2.15. The highest BCUT2D eigenvalue weighted by atomic mass is 16.3. The number of nitrogens with two attached hydrogens (primary N) is 1. The van der Waals surface area contributed by atoms with Crippen molar-refractivity contribution in [2.75, 3.05) is 6.61 Å². The molecule has 0 bridgehead atoms. The summed E-state index contributed by atoms with van der Waals surface area (Å²) in [5.41, 5.74) is 5.61. The molecule has 4 N–H and O–H groups in total. The Labute approximate surface area is 79.5 Å². The zero-order valence-electron chi connectivity index (χ0n) is 8.42. The van der Waals surface area contributed by atoms with Crippen molar-refractivity contribution in [2.24, 2.45) is 5.73 Å². The van der Waals surface area contributed by atoms with Gasteiger partial charge in [-0.1, -0.05) is 19.8 Å². The second-order valence-corrected chi connectivity index (χ2v) is 3.34. The largest absolute Gasteiger partial charge is 0.394 e. The minimum Gasteiger partial charge on any atom is -0.394 e. The van der Waals surface area contributed by atoms with Crippen LogP contribution in [0.4, 0.5) is 0 Å². The highest BCUT2D eigenvalue weighted by molar-refractivity contribution is 5.81. The van der Waals surface area contributed by atoms with E-state index in [1.54, 1.807) is 6.92 Å². The van der Waals surface area contributed by atoms with Gasteiger partial charge in [0.25, 0.3) is 0 Å². The molecular formula is C9H20N2O2. The summed E-state index contributed by atoms with van der Waals surface area (Å²) in [6, 6.07) is -0.644. The van der Waals surface area contributed by atoms with E-state index in [9.17, 15) is 4.79 Å². The molecule has 0 saturated heterocycles. The standard InChI is InChI=1S/C9H20N2O2/c1-3-4-5-8(10)9(13)11-7(2)6-12/h7-8,12H,3-6,10H2,1-2H3,(H,11,13). The number of nitrogens with one attached hydrogen (secondary N) is 1. The molecule has 78 valence electrons. The zero-order valence-corrected chi connectivity index (χ0v) is 8.42. The third-order valence-corrected chi connectivity index (χ3v) is 1.87. The van der Waals surface area contributed by atoms with Crippen LogP contribution in [-0.4, -0.2) is 29.7 Å². The average molecular weight is 188 g/mol. The van der Waals surface area contributed by atoms with E-state index in [-0.39, 0.29) is 18.6 Å². The number of aliphatic hydroxyl groups excluding tert-OH is 1. The van der Waals surface area contributed by atoms with Crippen molar-refractivity contribution in [1.29, 1.82) is 0 Å². The number of aliphatic hydroxyl groups is 1. The van der Waals surface area contributed by atoms with Gasteiger partial charge in [0.1, 0.15) is 0 Å². The SMILES string of the molecule is CCCCC(N)C(=O)NC(C)CO. The van der Waals surface area contributed by atoms with Crippen molar-refractivity contribution >= 4 is 5.91 Å². The molecule has 1 amide bonds. The third-order valence-electron chi connectivity index (χ3n) is 1.87. The van der Waals surface area contributed by atoms with Gasteiger partial charge in [0.15, 0.2) is 0 Å². The van der Waals surface area contributed by atoms with Crippen LogP contribution in [0.25, 0.3) is 0 Å². The number of unbranched alkanes of at least 4 members (excludes halogenated alkanes) is 1. The van der Waals surface area contributed by atoms with Gasteiger partial charge < -0.3 is 16.2 Å². The number of rotatable bonds is 6. The fourth-order valence-corrected chi connectivity index (χ4v) is 0.951. The summed E-state index contributed by atoms with van der Waals surface area (Å²) in [7, 11) is 0. The van der Waals surface area contributed by atoms with E-state index in [1.165, 1.54) is 0 Å². The molecule has 0 rings (SSSR count). The van der Waals surface area contributed by atoms with Crippen LogP contribution in [-0.2, 0) is 4.79 Å². The molecule has 0 aliphatic rings. The van der Waals surface area contributed by atoms with Gasteiger partial charge in [0.2, 0.25) is 5.91 Å². The zero-order chi connectivity index (χ0) is 10.3. The molecule has 2 unspecified atom stereocenters. The van der Waals surface area contributed by atoms with Crippen molar-refractivity contribution in [3.8, 4) is 0 Å². The monoisotopic (exact) mass is 188 g/mol. The van der Waals surface area contributed by atoms with E-state index in [0.29, 0.717) is 6.42 Å². The Morgan fingerprint density at radius 3 is 2.69 bits per heavy atom. The average Bonchev–Trinajstić information content (AvgIpc) is 2.13. The van der Waals surface area contributed by atoms with E-state index in [1.807, 2.05) is 0 Å². The Bertz CT molecular complexity index is 151. The van der Waals surface area contributed by atoms with Crippen LogP contribution >= 0.6 is 0 Å². The van der Waals surface area contributed by atoms with Crippen LogP contribution in [0.5, 0.6) is 0 Å². The Balaban J connectivity index is 3.68. The lowest BCUT2D eigenvalue weighted by Crippen LogP contribution is -2.45. The number of carbonyl (C=O) groups excluding carboxylic acids is 1. The molecule has 0 fully saturated rings. The molecule has 13 heavy (non-hydrogen) atoms. The van der Waals surface area contributed by atoms with Crippen LogP contribution < -0.4 is 11.1 Å². The Morgan fingerprint density at radius 1 is 1.62 bits per heavy atom. The van der Waals surface area contributed by atoms with Crippen molar-refractivity contribution in [3.05, 3.63) is 0 Å². The summed E-state index contributed by atoms with van der Waals surface area (Å²) in [4.78, 5) is 11.3. The van der Waals surface area contributed by atoms with Crippen molar-refractivity contribution < 1.29 is 9.90 Å². The minimum absolute atomic E-state index is 0.0494. The van der Waals surface area contributed by atoms with Crippen molar-refractivity contribution in [3.63, 3.8) is 0 Å². The van der Waals surface area contributed by atoms with Gasteiger partial charge in [-0.3, -0.25) is 4.79 Å². The summed E-state index contributed by atoms with van der Waals surface area (Å²) in [6.07, 6.45) is 2.71. The summed E-state index contributed by atoms with van der Waals surface area (Å²) >= 11 is 0. The molecule has 0 aliphatic heterocycles. The van der Waals surface area contributed by atoms with E-state index in [2.05, 4.69) is 12.2 Å². The topological polar surface area (TPSA) is 75.4 Å². The maximum absolute atomic E-state index is 11.3. The van der Waals surface area contributed by atoms with E-state index < -0.39 is 6.04 Å². The van der Waals surface area contributed by atoms with Crippen LogP contribution in [0.2, 0.25) is 0 Å². The maximum Gasteiger partial charge on any atom is 0.237 e. The van der Waals surface area contributed by atoms with E-state index in [4.69, 9.17) is 10.8 Å². The first-order chi connectivity index (χ1) is 6.11. The predicted molar refractivity (Wildman–Crippen MR) is 52.2 cm³/mol. The first-order valence-electron chi connectivity index (χ1n) is 4.78. The second-order valence-electron chi connectivity index (χ2n) is 3.34. The third kappa shape index (κ3) is 5.60. The van der Waals surface area contributed by atoms with Crippen LogP contribution in [0.15, 0.2) is 0 Å². The van der Waals surface area contributed by atoms with Gasteiger partial charge in [0.05, 0.1) is 12.6 Å². The summed E-state index contributed by atoms with van der Waals surface area (Å²) in [5.74, 6) is -0.171. The first kappa shape index (κ1) is 12.4. The quantitative estimate of drug-likeness (QED) is 0.549.